The molecule has 1 aliphatic rings. The van der Waals surface area contributed by atoms with Crippen LogP contribution in [-0.2, 0) is 0 Å². The predicted molar refractivity (Wildman–Crippen MR) is 83.6 cm³/mol. The van der Waals surface area contributed by atoms with Crippen molar-refractivity contribution in [1.29, 1.82) is 0 Å². The first-order chi connectivity index (χ1) is 9.11. The van der Waals surface area contributed by atoms with E-state index in [9.17, 15) is 9.18 Å². The monoisotopic (exact) mass is 364 g/mol. The zero-order valence-corrected chi connectivity index (χ0v) is 13.5. The molecule has 1 saturated carbocycles. The normalized spacial score (nSPS) is 21.9. The molecule has 2 unspecified atom stereocenters. The Morgan fingerprint density at radius 1 is 1.40 bits per heavy atom. The molecule has 1 amide bonds. The van der Waals surface area contributed by atoms with E-state index in [0.717, 1.165) is 25.7 Å². The van der Waals surface area contributed by atoms with Crippen LogP contribution in [0.4, 0.5) is 4.39 Å². The van der Waals surface area contributed by atoms with Gasteiger partial charge in [-0.25, -0.2) is 4.39 Å². The summed E-state index contributed by atoms with van der Waals surface area (Å²) >= 11 is 3.28. The molecule has 0 radical (unpaired) electrons. The van der Waals surface area contributed by atoms with Crippen molar-refractivity contribution >= 4 is 34.2 Å². The Morgan fingerprint density at radius 3 is 2.80 bits per heavy atom. The molecule has 3 nitrogen and oxygen atoms in total. The number of halogens is 3. The van der Waals surface area contributed by atoms with Crippen LogP contribution >= 0.6 is 28.3 Å². The lowest BCUT2D eigenvalue weighted by molar-refractivity contribution is 0.0907. The van der Waals surface area contributed by atoms with E-state index in [1.54, 1.807) is 6.07 Å². The fourth-order valence-corrected chi connectivity index (χ4v) is 3.02. The second-order valence-corrected chi connectivity index (χ2v) is 5.84. The fourth-order valence-electron chi connectivity index (χ4n) is 2.60. The molecule has 1 aromatic rings. The van der Waals surface area contributed by atoms with E-state index in [1.807, 2.05) is 0 Å². The summed E-state index contributed by atoms with van der Waals surface area (Å²) in [6.07, 6.45) is 4.26. The first kappa shape index (κ1) is 17.4. The van der Waals surface area contributed by atoms with Gasteiger partial charge in [0, 0.05) is 10.5 Å². The maximum Gasteiger partial charge on any atom is 0.252 e. The first-order valence-electron chi connectivity index (χ1n) is 6.58. The summed E-state index contributed by atoms with van der Waals surface area (Å²) in [5, 5.41) is 2.99. The van der Waals surface area contributed by atoms with E-state index in [2.05, 4.69) is 21.2 Å². The van der Waals surface area contributed by atoms with Crippen LogP contribution < -0.4 is 11.1 Å². The molecular weight excluding hydrogens is 347 g/mol. The second-order valence-electron chi connectivity index (χ2n) is 4.98. The molecule has 0 heterocycles. The molecular formula is C14H19BrClFN2O. The number of hydrogen-bond donors (Lipinski definition) is 2. The minimum absolute atomic E-state index is 0. The Kier molecular flexibility index (Phi) is 6.92. The number of benzene rings is 1. The van der Waals surface area contributed by atoms with Crippen LogP contribution in [0.15, 0.2) is 22.7 Å². The van der Waals surface area contributed by atoms with Crippen molar-refractivity contribution in [1.82, 2.24) is 5.32 Å². The highest BCUT2D eigenvalue weighted by atomic mass is 79.9. The van der Waals surface area contributed by atoms with Crippen LogP contribution in [0, 0.1) is 11.7 Å². The molecule has 1 aromatic carbocycles. The highest BCUT2D eigenvalue weighted by molar-refractivity contribution is 9.10. The number of rotatable bonds is 3. The summed E-state index contributed by atoms with van der Waals surface area (Å²) < 4.78 is 13.8. The Balaban J connectivity index is 0.00000200. The summed E-state index contributed by atoms with van der Waals surface area (Å²) in [5.74, 6) is -0.325. The van der Waals surface area contributed by atoms with E-state index < -0.39 is 5.82 Å². The predicted octanol–water partition coefficient (Wildman–Crippen LogP) is 3.26. The van der Waals surface area contributed by atoms with Crippen LogP contribution in [0.25, 0.3) is 0 Å². The number of carbonyl (C=O) groups excluding carboxylic acids is 1. The van der Waals surface area contributed by atoms with Gasteiger partial charge in [0.2, 0.25) is 0 Å². The van der Waals surface area contributed by atoms with E-state index in [0.29, 0.717) is 22.5 Å². The van der Waals surface area contributed by atoms with Crippen molar-refractivity contribution in [3.8, 4) is 0 Å². The lowest BCUT2D eigenvalue weighted by Crippen LogP contribution is -2.44. The van der Waals surface area contributed by atoms with Crippen molar-refractivity contribution in [2.45, 2.75) is 31.7 Å². The number of amides is 1. The SMILES string of the molecule is Cl.NCC1CCCCC1NC(=O)c1cc(F)ccc1Br. The van der Waals surface area contributed by atoms with Crippen LogP contribution in [0.5, 0.6) is 0 Å². The van der Waals surface area contributed by atoms with Crippen molar-refractivity contribution in [3.63, 3.8) is 0 Å². The van der Waals surface area contributed by atoms with Crippen molar-refractivity contribution in [3.05, 3.63) is 34.1 Å². The topological polar surface area (TPSA) is 55.1 Å². The molecule has 3 N–H and O–H groups in total. The standard InChI is InChI=1S/C14H18BrFN2O.ClH/c15-12-6-5-10(16)7-11(12)14(19)18-13-4-2-1-3-9(13)8-17;/h5-7,9,13H,1-4,8,17H2,(H,18,19);1H. The minimum Gasteiger partial charge on any atom is -0.349 e. The van der Waals surface area contributed by atoms with Gasteiger partial charge >= 0.3 is 0 Å². The zero-order valence-electron chi connectivity index (χ0n) is 11.1. The average molecular weight is 366 g/mol. The third-order valence-electron chi connectivity index (χ3n) is 3.70. The van der Waals surface area contributed by atoms with Gasteiger partial charge in [0.1, 0.15) is 5.82 Å². The number of carbonyl (C=O) groups is 1. The minimum atomic E-state index is -0.410. The second kappa shape index (κ2) is 7.96. The largest absolute Gasteiger partial charge is 0.349 e. The molecule has 0 saturated heterocycles. The number of nitrogens with two attached hydrogens (primary N) is 1. The van der Waals surface area contributed by atoms with Gasteiger partial charge in [-0.2, -0.15) is 0 Å². The number of hydrogen-bond acceptors (Lipinski definition) is 2. The van der Waals surface area contributed by atoms with Crippen LogP contribution in [0.1, 0.15) is 36.0 Å². The van der Waals surface area contributed by atoms with E-state index >= 15 is 0 Å². The van der Waals surface area contributed by atoms with Crippen LogP contribution in [0.2, 0.25) is 0 Å². The molecule has 2 atom stereocenters. The molecule has 20 heavy (non-hydrogen) atoms. The summed E-state index contributed by atoms with van der Waals surface area (Å²) in [4.78, 5) is 12.2. The Hall–Kier alpha value is -0.650. The van der Waals surface area contributed by atoms with E-state index in [-0.39, 0.29) is 24.4 Å². The van der Waals surface area contributed by atoms with E-state index in [1.165, 1.54) is 12.1 Å². The summed E-state index contributed by atoms with van der Waals surface area (Å²) in [5.41, 5.74) is 6.08. The molecule has 0 spiro atoms. The van der Waals surface area contributed by atoms with Crippen molar-refractivity contribution in [2.24, 2.45) is 11.7 Å². The lowest BCUT2D eigenvalue weighted by atomic mass is 9.84. The Labute approximate surface area is 133 Å². The third kappa shape index (κ3) is 4.17. The van der Waals surface area contributed by atoms with Gasteiger partial charge in [0.15, 0.2) is 0 Å². The van der Waals surface area contributed by atoms with Crippen molar-refractivity contribution in [2.75, 3.05) is 6.54 Å². The fraction of sp³-hybridized carbons (Fsp3) is 0.500. The molecule has 2 rings (SSSR count). The average Bonchev–Trinajstić information content (AvgIpc) is 2.42. The van der Waals surface area contributed by atoms with Gasteiger partial charge in [-0.05, 0) is 59.4 Å². The first-order valence-corrected chi connectivity index (χ1v) is 7.37. The molecule has 6 heteroatoms. The maximum atomic E-state index is 13.2. The highest BCUT2D eigenvalue weighted by Crippen LogP contribution is 2.25. The summed E-state index contributed by atoms with van der Waals surface area (Å²) in [6.45, 7) is 0.579. The summed E-state index contributed by atoms with van der Waals surface area (Å²) in [6, 6.07) is 4.22. The van der Waals surface area contributed by atoms with Crippen molar-refractivity contribution < 1.29 is 9.18 Å². The van der Waals surface area contributed by atoms with Crippen LogP contribution in [0.3, 0.4) is 0 Å². The van der Waals surface area contributed by atoms with Gasteiger partial charge in [-0.3, -0.25) is 4.79 Å². The maximum absolute atomic E-state index is 13.2. The molecule has 112 valence electrons. The third-order valence-corrected chi connectivity index (χ3v) is 4.39. The number of nitrogens with one attached hydrogen (secondary N) is 1. The molecule has 1 aliphatic carbocycles. The summed E-state index contributed by atoms with van der Waals surface area (Å²) in [7, 11) is 0. The quantitative estimate of drug-likeness (QED) is 0.864. The molecule has 0 aromatic heterocycles. The highest BCUT2D eigenvalue weighted by Gasteiger charge is 2.26. The van der Waals surface area contributed by atoms with Gasteiger partial charge < -0.3 is 11.1 Å². The molecule has 0 bridgehead atoms. The van der Waals surface area contributed by atoms with Gasteiger partial charge in [-0.1, -0.05) is 12.8 Å². The van der Waals surface area contributed by atoms with Gasteiger partial charge in [0.25, 0.3) is 5.91 Å². The Morgan fingerprint density at radius 2 is 2.10 bits per heavy atom. The lowest BCUT2D eigenvalue weighted by Gasteiger charge is -2.31. The molecule has 0 aliphatic heterocycles. The molecule has 1 fully saturated rings. The van der Waals surface area contributed by atoms with E-state index in [4.69, 9.17) is 5.73 Å². The van der Waals surface area contributed by atoms with Crippen LogP contribution in [-0.4, -0.2) is 18.5 Å². The van der Waals surface area contributed by atoms with Gasteiger partial charge in [-0.15, -0.1) is 12.4 Å². The Bertz CT molecular complexity index is 472. The van der Waals surface area contributed by atoms with Gasteiger partial charge in [0.05, 0.1) is 5.56 Å². The smallest absolute Gasteiger partial charge is 0.252 e. The zero-order chi connectivity index (χ0) is 13.8.